The van der Waals surface area contributed by atoms with Gasteiger partial charge in [-0.25, -0.2) is 4.98 Å². The highest BCUT2D eigenvalue weighted by Crippen LogP contribution is 2.44. The molecule has 0 bridgehead atoms. The zero-order chi connectivity index (χ0) is 35.6. The molecule has 8 heteroatoms. The fourth-order valence-corrected chi connectivity index (χ4v) is 7.63. The molecule has 0 atom stereocenters. The summed E-state index contributed by atoms with van der Waals surface area (Å²) in [5.74, 6) is 0.835. The van der Waals surface area contributed by atoms with E-state index in [0.717, 1.165) is 38.9 Å². The molecule has 0 radical (unpaired) electrons. The topological polar surface area (TPSA) is 50.9 Å². The first-order valence-corrected chi connectivity index (χ1v) is 17.9. The molecule has 0 saturated heterocycles. The van der Waals surface area contributed by atoms with Crippen molar-refractivity contribution in [1.82, 2.24) is 14.5 Å². The minimum absolute atomic E-state index is 0.610. The van der Waals surface area contributed by atoms with Crippen LogP contribution in [0.1, 0.15) is 5.82 Å². The van der Waals surface area contributed by atoms with E-state index < -0.39 is 10.6 Å². The van der Waals surface area contributed by atoms with Gasteiger partial charge in [-0.2, -0.15) is 0 Å². The number of nitrogens with zero attached hydrogens (tertiary/aromatic N) is 3. The third-order valence-electron chi connectivity index (χ3n) is 11.1. The molecule has 0 aliphatic carbocycles. The zero-order valence-electron chi connectivity index (χ0n) is 29.8. The number of hydrogen-bond acceptors (Lipinski definition) is 3. The molecule has 0 amide bonds. The van der Waals surface area contributed by atoms with Crippen molar-refractivity contribution in [2.24, 2.45) is 0 Å². The van der Waals surface area contributed by atoms with Crippen molar-refractivity contribution < 1.29 is 5.11 Å². The summed E-state index contributed by atoms with van der Waals surface area (Å²) in [5, 5.41) is 16.9. The maximum absolute atomic E-state index is 11.2. The number of aromatic nitrogens is 3. The fraction of sp³-hybridized carbons (Fsp3) is 0.0455. The van der Waals surface area contributed by atoms with E-state index in [0.29, 0.717) is 0 Å². The first-order chi connectivity index (χ1) is 25.2. The van der Waals surface area contributed by atoms with E-state index in [1.165, 1.54) is 49.4 Å². The molecule has 2 heterocycles. The predicted octanol–water partition coefficient (Wildman–Crippen LogP) is 6.21. The summed E-state index contributed by atoms with van der Waals surface area (Å²) in [4.78, 5) is 9.25. The van der Waals surface area contributed by atoms with Gasteiger partial charge in [-0.1, -0.05) is 103 Å². The van der Waals surface area contributed by atoms with E-state index in [9.17, 15) is 5.11 Å². The molecule has 0 unspecified atom stereocenters. The number of imidazole rings is 1. The summed E-state index contributed by atoms with van der Waals surface area (Å²) >= 11 is 0. The second-order valence-corrected chi connectivity index (χ2v) is 14.8. The summed E-state index contributed by atoms with van der Waals surface area (Å²) in [6, 6.07) is 52.3. The lowest BCUT2D eigenvalue weighted by Gasteiger charge is -2.38. The van der Waals surface area contributed by atoms with E-state index in [1.54, 1.807) is 0 Å². The summed E-state index contributed by atoms with van der Waals surface area (Å²) in [6.07, 6.45) is 3.68. The van der Waals surface area contributed by atoms with Gasteiger partial charge in [-0.15, -0.1) is 0 Å². The zero-order valence-corrected chi connectivity index (χ0v) is 29.8. The first kappa shape index (κ1) is 32.1. The maximum Gasteiger partial charge on any atom is 0.131 e. The van der Waals surface area contributed by atoms with E-state index in [2.05, 4.69) is 153 Å². The Morgan fingerprint density at radius 1 is 0.500 bits per heavy atom. The lowest BCUT2D eigenvalue weighted by atomic mass is 9.35. The van der Waals surface area contributed by atoms with Crippen LogP contribution in [0.15, 0.2) is 158 Å². The number of fused-ring (bicyclic) bond motifs is 4. The first-order valence-electron chi connectivity index (χ1n) is 17.9. The van der Waals surface area contributed by atoms with Crippen LogP contribution < -0.4 is 0 Å². The average molecular weight is 665 g/mol. The van der Waals surface area contributed by atoms with Gasteiger partial charge in [0.15, 0.2) is 0 Å². The highest BCUT2D eigenvalue weighted by atomic mass is 16.3. The molecule has 2 aromatic heterocycles. The SMILES string of the molecule is BC(B)(O)C(B)(B)c1nc2ccccc2n1-c1ccc2cc(-c3c4ccccc4c(-c4ccc(-c5ccncc5)cc4)c4ccccc34)ccc2c1. The molecule has 0 spiro atoms. The minimum Gasteiger partial charge on any atom is -0.408 e. The number of hydrogen-bond donors (Lipinski definition) is 1. The maximum atomic E-state index is 11.2. The normalized spacial score (nSPS) is 12.2. The molecular formula is C44H35B4N3O. The molecule has 9 rings (SSSR count). The number of pyridine rings is 1. The van der Waals surface area contributed by atoms with Crippen molar-refractivity contribution in [2.45, 2.75) is 10.6 Å². The molecule has 0 aliphatic heterocycles. The van der Waals surface area contributed by atoms with Gasteiger partial charge in [0.2, 0.25) is 0 Å². The lowest BCUT2D eigenvalue weighted by Crippen LogP contribution is -2.55. The summed E-state index contributed by atoms with van der Waals surface area (Å²) < 4.78 is 2.21. The standard InChI is InChI=1S/C44H35B4N3O/c45-43(46,44(47,48)52)42-50-38-11-5-6-12-39(38)51(42)33-20-19-30-25-32(18-17-31(30)26-33)41-36-9-3-1-7-34(36)40(35-8-2-4-10-37(35)41)29-15-13-27(14-16-29)28-21-23-49-24-22-28/h1-26,52H,45-48H2. The van der Waals surface area contributed by atoms with Crippen molar-refractivity contribution in [3.63, 3.8) is 0 Å². The van der Waals surface area contributed by atoms with Crippen LogP contribution in [0.3, 0.4) is 0 Å². The molecule has 9 aromatic rings. The van der Waals surface area contributed by atoms with Crippen LogP contribution in [0.25, 0.3) is 82.4 Å². The molecule has 0 saturated carbocycles. The number of rotatable bonds is 6. The van der Waals surface area contributed by atoms with Gasteiger partial charge in [-0.3, -0.25) is 9.55 Å². The molecule has 244 valence electrons. The average Bonchev–Trinajstić information content (AvgIpc) is 3.57. The Hall–Kier alpha value is -5.84. The molecule has 7 aromatic carbocycles. The molecule has 0 fully saturated rings. The Morgan fingerprint density at radius 2 is 1.00 bits per heavy atom. The summed E-state index contributed by atoms with van der Waals surface area (Å²) in [6.45, 7) is 0. The Bertz CT molecular complexity index is 2750. The molecular weight excluding hydrogens is 630 g/mol. The van der Waals surface area contributed by atoms with Crippen molar-refractivity contribution >= 4 is 74.7 Å². The van der Waals surface area contributed by atoms with E-state index in [1.807, 2.05) is 46.3 Å². The van der Waals surface area contributed by atoms with Gasteiger partial charge in [0.1, 0.15) is 37.2 Å². The van der Waals surface area contributed by atoms with E-state index in [-0.39, 0.29) is 0 Å². The van der Waals surface area contributed by atoms with Gasteiger partial charge in [0.05, 0.1) is 11.0 Å². The third kappa shape index (κ3) is 5.17. The second-order valence-electron chi connectivity index (χ2n) is 14.8. The van der Waals surface area contributed by atoms with Crippen molar-refractivity contribution in [1.29, 1.82) is 0 Å². The fourth-order valence-electron chi connectivity index (χ4n) is 7.63. The van der Waals surface area contributed by atoms with Gasteiger partial charge in [-0.05, 0) is 119 Å². The van der Waals surface area contributed by atoms with Crippen LogP contribution in [0.4, 0.5) is 0 Å². The summed E-state index contributed by atoms with van der Waals surface area (Å²) in [7, 11) is 7.85. The number of aliphatic hydroxyl groups is 1. The van der Waals surface area contributed by atoms with E-state index >= 15 is 0 Å². The van der Waals surface area contributed by atoms with Gasteiger partial charge >= 0.3 is 0 Å². The summed E-state index contributed by atoms with van der Waals surface area (Å²) in [5.41, 5.74) is 10.2. The highest BCUT2D eigenvalue weighted by Gasteiger charge is 2.40. The van der Waals surface area contributed by atoms with Crippen LogP contribution in [0.5, 0.6) is 0 Å². The molecule has 52 heavy (non-hydrogen) atoms. The Morgan fingerprint density at radius 3 is 1.63 bits per heavy atom. The number of para-hydroxylation sites is 2. The minimum atomic E-state index is -0.984. The highest BCUT2D eigenvalue weighted by molar-refractivity contribution is 6.53. The van der Waals surface area contributed by atoms with Crippen molar-refractivity contribution in [2.75, 3.05) is 0 Å². The number of benzene rings is 7. The second kappa shape index (κ2) is 12.1. The van der Waals surface area contributed by atoms with Crippen molar-refractivity contribution in [3.05, 3.63) is 164 Å². The largest absolute Gasteiger partial charge is 0.408 e. The van der Waals surface area contributed by atoms with Crippen LogP contribution in [-0.4, -0.2) is 56.4 Å². The van der Waals surface area contributed by atoms with Gasteiger partial charge in [0.25, 0.3) is 0 Å². The molecule has 1 N–H and O–H groups in total. The Balaban J connectivity index is 1.20. The van der Waals surface area contributed by atoms with Gasteiger partial charge in [0, 0.05) is 18.1 Å². The van der Waals surface area contributed by atoms with Crippen LogP contribution in [0, 0.1) is 0 Å². The third-order valence-corrected chi connectivity index (χ3v) is 11.1. The van der Waals surface area contributed by atoms with Crippen LogP contribution in [-0.2, 0) is 5.21 Å². The van der Waals surface area contributed by atoms with Gasteiger partial charge < -0.3 is 5.11 Å². The Kier molecular flexibility index (Phi) is 7.49. The van der Waals surface area contributed by atoms with E-state index in [4.69, 9.17) is 4.98 Å². The molecule has 0 aliphatic rings. The van der Waals surface area contributed by atoms with Crippen molar-refractivity contribution in [3.8, 4) is 39.1 Å². The quantitative estimate of drug-likeness (QED) is 0.170. The predicted molar refractivity (Wildman–Crippen MR) is 228 cm³/mol. The van der Waals surface area contributed by atoms with Crippen LogP contribution in [0.2, 0.25) is 0 Å². The smallest absolute Gasteiger partial charge is 0.131 e. The monoisotopic (exact) mass is 665 g/mol. The molecule has 4 nitrogen and oxygen atoms in total. The Labute approximate surface area is 306 Å². The lowest BCUT2D eigenvalue weighted by molar-refractivity contribution is 0.189. The van der Waals surface area contributed by atoms with Crippen LogP contribution >= 0.6 is 0 Å².